The van der Waals surface area contributed by atoms with E-state index in [9.17, 15) is 40.5 Å². The summed E-state index contributed by atoms with van der Waals surface area (Å²) in [6.07, 6.45) is -12.0. The zero-order valence-electron chi connectivity index (χ0n) is 15.3. The van der Waals surface area contributed by atoms with E-state index in [-0.39, 0.29) is 6.42 Å². The Morgan fingerprint density at radius 3 is 2.21 bits per heavy atom. The van der Waals surface area contributed by atoms with Crippen molar-refractivity contribution in [1.82, 2.24) is 0 Å². The van der Waals surface area contributed by atoms with E-state index in [1.54, 1.807) is 6.92 Å². The van der Waals surface area contributed by atoms with Crippen LogP contribution in [0.1, 0.15) is 19.8 Å². The van der Waals surface area contributed by atoms with Gasteiger partial charge in [-0.2, -0.15) is 0 Å². The average molecular weight is 412 g/mol. The van der Waals surface area contributed by atoms with Gasteiger partial charge < -0.3 is 54.7 Å². The minimum atomic E-state index is -2.38. The van der Waals surface area contributed by atoms with E-state index in [1.807, 2.05) is 0 Å². The topological polar surface area (TPSA) is 196 Å². The summed E-state index contributed by atoms with van der Waals surface area (Å²) in [5.41, 5.74) is 0. The number of carbonyl (C=O) groups is 1. The minimum Gasteiger partial charge on any atom is -0.460 e. The van der Waals surface area contributed by atoms with Crippen LogP contribution in [0.4, 0.5) is 0 Å². The molecule has 28 heavy (non-hydrogen) atoms. The van der Waals surface area contributed by atoms with Crippen LogP contribution < -0.4 is 0 Å². The van der Waals surface area contributed by atoms with Crippen LogP contribution in [-0.4, -0.2) is 116 Å². The Labute approximate surface area is 160 Å². The molecule has 0 radical (unpaired) electrons. The molecule has 0 saturated carbocycles. The van der Waals surface area contributed by atoms with Crippen LogP contribution in [0.15, 0.2) is 0 Å². The lowest BCUT2D eigenvalue weighted by Crippen LogP contribution is -2.61. The Morgan fingerprint density at radius 1 is 1.00 bits per heavy atom. The molecule has 0 aromatic rings. The van der Waals surface area contributed by atoms with Crippen molar-refractivity contribution in [2.75, 3.05) is 19.8 Å². The van der Waals surface area contributed by atoms with Gasteiger partial charge in [-0.05, 0) is 6.42 Å². The number of aliphatic hydroxyl groups excluding tert-OH is 6. The van der Waals surface area contributed by atoms with Gasteiger partial charge in [-0.15, -0.1) is 0 Å². The van der Waals surface area contributed by atoms with Crippen molar-refractivity contribution < 1.29 is 59.5 Å². The van der Waals surface area contributed by atoms with Gasteiger partial charge in [0.05, 0.1) is 13.2 Å². The number of hydrogen-bond acceptors (Lipinski definition) is 12. The molecule has 0 aromatic carbocycles. The third kappa shape index (κ3) is 4.79. The first kappa shape index (κ1) is 23.3. The molecule has 2 heterocycles. The van der Waals surface area contributed by atoms with E-state index in [2.05, 4.69) is 0 Å². The Bertz CT molecular complexity index is 516. The highest BCUT2D eigenvalue weighted by molar-refractivity contribution is 5.69. The van der Waals surface area contributed by atoms with Gasteiger partial charge >= 0.3 is 5.97 Å². The zero-order valence-corrected chi connectivity index (χ0v) is 15.3. The second-order valence-electron chi connectivity index (χ2n) is 6.84. The highest BCUT2D eigenvalue weighted by atomic mass is 16.8. The molecule has 0 bridgehead atoms. The van der Waals surface area contributed by atoms with Gasteiger partial charge in [0, 0.05) is 6.42 Å². The fraction of sp³-hybridized carbons (Fsp3) is 0.938. The fourth-order valence-electron chi connectivity index (χ4n) is 3.09. The van der Waals surface area contributed by atoms with Gasteiger partial charge in [0.25, 0.3) is 0 Å². The number of esters is 1. The molecule has 2 aliphatic heterocycles. The average Bonchev–Trinajstić information content (AvgIpc) is 2.91. The van der Waals surface area contributed by atoms with Gasteiger partial charge in [0.2, 0.25) is 5.79 Å². The first-order chi connectivity index (χ1) is 13.2. The second kappa shape index (κ2) is 9.71. The molecule has 164 valence electrons. The molecule has 1 unspecified atom stereocenters. The molecular weight excluding hydrogens is 384 g/mol. The van der Waals surface area contributed by atoms with Crippen LogP contribution >= 0.6 is 0 Å². The maximum Gasteiger partial charge on any atom is 0.305 e. The zero-order chi connectivity index (χ0) is 21.1. The monoisotopic (exact) mass is 412 g/mol. The number of aliphatic hydroxyl groups is 7. The third-order valence-electron chi connectivity index (χ3n) is 4.69. The molecule has 2 aliphatic rings. The van der Waals surface area contributed by atoms with E-state index in [0.717, 1.165) is 0 Å². The maximum atomic E-state index is 11.6. The van der Waals surface area contributed by atoms with Gasteiger partial charge in [-0.1, -0.05) is 6.92 Å². The predicted molar refractivity (Wildman–Crippen MR) is 87.4 cm³/mol. The number of ether oxygens (including phenoxy) is 4. The van der Waals surface area contributed by atoms with Gasteiger partial charge in [-0.25, -0.2) is 0 Å². The first-order valence-electron chi connectivity index (χ1n) is 8.99. The smallest absolute Gasteiger partial charge is 0.305 e. The summed E-state index contributed by atoms with van der Waals surface area (Å²) in [5.74, 6) is -3.01. The SMILES string of the molecule is CCCC(=O)OCC1(O)O[C@H](CO)[C@@H](O)[C@@H]1O[C@H]1O[C@H](CO)[C@@H](O)[C@H](O)[C@H]1O. The summed E-state index contributed by atoms with van der Waals surface area (Å²) in [6, 6.07) is 0. The van der Waals surface area contributed by atoms with Gasteiger partial charge in [0.15, 0.2) is 6.29 Å². The molecular formula is C16H28O12. The minimum absolute atomic E-state index is 0.0836. The maximum absolute atomic E-state index is 11.6. The largest absolute Gasteiger partial charge is 0.460 e. The molecule has 12 heteroatoms. The molecule has 2 rings (SSSR count). The summed E-state index contributed by atoms with van der Waals surface area (Å²) in [5, 5.41) is 69.3. The highest BCUT2D eigenvalue weighted by Crippen LogP contribution is 2.35. The summed E-state index contributed by atoms with van der Waals surface area (Å²) in [4.78, 5) is 11.6. The van der Waals surface area contributed by atoms with Gasteiger partial charge in [0.1, 0.15) is 49.3 Å². The summed E-state index contributed by atoms with van der Waals surface area (Å²) >= 11 is 0. The summed E-state index contributed by atoms with van der Waals surface area (Å²) in [6.45, 7) is -0.381. The Kier molecular flexibility index (Phi) is 8.10. The molecule has 9 atom stereocenters. The number of hydrogen-bond donors (Lipinski definition) is 7. The van der Waals surface area contributed by atoms with Crippen LogP contribution in [0.5, 0.6) is 0 Å². The van der Waals surface area contributed by atoms with E-state index in [0.29, 0.717) is 6.42 Å². The van der Waals surface area contributed by atoms with Crippen molar-refractivity contribution in [3.63, 3.8) is 0 Å². The summed E-state index contributed by atoms with van der Waals surface area (Å²) in [7, 11) is 0. The molecule has 0 amide bonds. The molecule has 0 aliphatic carbocycles. The third-order valence-corrected chi connectivity index (χ3v) is 4.69. The van der Waals surface area contributed by atoms with Crippen molar-refractivity contribution in [3.05, 3.63) is 0 Å². The lowest BCUT2D eigenvalue weighted by atomic mass is 9.99. The van der Waals surface area contributed by atoms with E-state index in [4.69, 9.17) is 18.9 Å². The molecule has 2 saturated heterocycles. The predicted octanol–water partition coefficient (Wildman–Crippen LogP) is -4.04. The van der Waals surface area contributed by atoms with Crippen LogP contribution in [0.25, 0.3) is 0 Å². The van der Waals surface area contributed by atoms with Crippen LogP contribution in [0.3, 0.4) is 0 Å². The Balaban J connectivity index is 2.15. The van der Waals surface area contributed by atoms with E-state index >= 15 is 0 Å². The van der Waals surface area contributed by atoms with Crippen molar-refractivity contribution in [3.8, 4) is 0 Å². The highest BCUT2D eigenvalue weighted by Gasteiger charge is 2.58. The van der Waals surface area contributed by atoms with Gasteiger partial charge in [-0.3, -0.25) is 4.79 Å². The quantitative estimate of drug-likeness (QED) is 0.191. The van der Waals surface area contributed by atoms with E-state index in [1.165, 1.54) is 0 Å². The lowest BCUT2D eigenvalue weighted by molar-refractivity contribution is -0.343. The van der Waals surface area contributed by atoms with Crippen molar-refractivity contribution >= 4 is 5.97 Å². The molecule has 7 N–H and O–H groups in total. The molecule has 0 aromatic heterocycles. The lowest BCUT2D eigenvalue weighted by Gasteiger charge is -2.41. The van der Waals surface area contributed by atoms with Crippen molar-refractivity contribution in [2.24, 2.45) is 0 Å². The number of rotatable bonds is 8. The Morgan fingerprint density at radius 2 is 1.64 bits per heavy atom. The van der Waals surface area contributed by atoms with Crippen molar-refractivity contribution in [2.45, 2.75) is 74.6 Å². The molecule has 0 spiro atoms. The fourth-order valence-corrected chi connectivity index (χ4v) is 3.09. The first-order valence-corrected chi connectivity index (χ1v) is 8.99. The van der Waals surface area contributed by atoms with E-state index < -0.39 is 80.6 Å². The van der Waals surface area contributed by atoms with Crippen LogP contribution in [0.2, 0.25) is 0 Å². The second-order valence-corrected chi connectivity index (χ2v) is 6.84. The number of carbonyl (C=O) groups excluding carboxylic acids is 1. The van der Waals surface area contributed by atoms with Crippen LogP contribution in [0, 0.1) is 0 Å². The summed E-state index contributed by atoms with van der Waals surface area (Å²) < 4.78 is 20.7. The normalized spacial score (nSPS) is 43.9. The molecule has 12 nitrogen and oxygen atoms in total. The van der Waals surface area contributed by atoms with Crippen LogP contribution in [-0.2, 0) is 23.7 Å². The standard InChI is InChI=1S/C16H28O12/c1-2-3-9(19)25-6-16(24)14(11(21)8(5-18)28-16)27-15-13(23)12(22)10(20)7(4-17)26-15/h7-8,10-15,17-18,20-24H,2-6H2,1H3/t7-,8-,10-,11-,12+,13-,14+,15-,16?/m1/s1. The van der Waals surface area contributed by atoms with Crippen molar-refractivity contribution in [1.29, 1.82) is 0 Å². The molecule has 2 fully saturated rings. The Hall–Kier alpha value is -0.930.